The molecule has 1 saturated heterocycles. The van der Waals surface area contributed by atoms with Crippen molar-refractivity contribution in [1.29, 1.82) is 0 Å². The summed E-state index contributed by atoms with van der Waals surface area (Å²) in [5.41, 5.74) is 1.17. The van der Waals surface area contributed by atoms with Gasteiger partial charge in [0.2, 0.25) is 0 Å². The maximum Gasteiger partial charge on any atom is 0.328 e. The van der Waals surface area contributed by atoms with Gasteiger partial charge in [-0.1, -0.05) is 12.1 Å². The van der Waals surface area contributed by atoms with E-state index in [1.54, 1.807) is 12.1 Å². The van der Waals surface area contributed by atoms with Gasteiger partial charge in [-0.25, -0.2) is 9.18 Å². The van der Waals surface area contributed by atoms with Crippen molar-refractivity contribution in [1.82, 2.24) is 4.90 Å². The highest BCUT2D eigenvalue weighted by molar-refractivity contribution is 5.85. The lowest BCUT2D eigenvalue weighted by Crippen LogP contribution is -2.36. The van der Waals surface area contributed by atoms with E-state index in [1.807, 2.05) is 7.05 Å². The number of nitrogens with zero attached hydrogens (tertiary/aromatic N) is 1. The molecule has 0 unspecified atom stereocenters. The second-order valence-electron chi connectivity index (χ2n) is 5.28. The van der Waals surface area contributed by atoms with Crippen LogP contribution in [-0.4, -0.2) is 42.3 Å². The molecule has 1 N–H and O–H groups in total. The molecule has 5 heteroatoms. The third-order valence-corrected chi connectivity index (χ3v) is 3.73. The van der Waals surface area contributed by atoms with Crippen LogP contribution >= 0.6 is 0 Å². The first-order chi connectivity index (χ1) is 10.1. The average Bonchev–Trinajstić information content (AvgIpc) is 2.48. The van der Waals surface area contributed by atoms with Crippen LogP contribution < -0.4 is 0 Å². The zero-order valence-electron chi connectivity index (χ0n) is 12.1. The number of carbonyl (C=O) groups is 1. The smallest absolute Gasteiger partial charge is 0.328 e. The molecule has 0 radical (unpaired) electrons. The highest BCUT2D eigenvalue weighted by atomic mass is 19.1. The van der Waals surface area contributed by atoms with E-state index >= 15 is 0 Å². The Morgan fingerprint density at radius 1 is 1.48 bits per heavy atom. The molecule has 0 spiro atoms. The van der Waals surface area contributed by atoms with E-state index in [9.17, 15) is 9.18 Å². The van der Waals surface area contributed by atoms with Crippen LogP contribution in [-0.2, 0) is 16.1 Å². The molecule has 1 aromatic rings. The van der Waals surface area contributed by atoms with E-state index in [4.69, 9.17) is 9.84 Å². The van der Waals surface area contributed by atoms with Crippen LogP contribution in [0.25, 0.3) is 6.08 Å². The minimum atomic E-state index is -1.04. The largest absolute Gasteiger partial charge is 0.478 e. The van der Waals surface area contributed by atoms with Crippen molar-refractivity contribution in [3.8, 4) is 0 Å². The number of rotatable bonds is 5. The lowest BCUT2D eigenvalue weighted by molar-refractivity contribution is -0.131. The molecule has 1 heterocycles. The fourth-order valence-corrected chi connectivity index (χ4v) is 2.49. The van der Waals surface area contributed by atoms with Gasteiger partial charge in [0.05, 0.1) is 0 Å². The Kier molecular flexibility index (Phi) is 5.47. The van der Waals surface area contributed by atoms with Gasteiger partial charge in [0, 0.05) is 37.4 Å². The molecule has 0 saturated carbocycles. The minimum Gasteiger partial charge on any atom is -0.478 e. The van der Waals surface area contributed by atoms with E-state index in [0.717, 1.165) is 32.1 Å². The molecular weight excluding hydrogens is 273 g/mol. The van der Waals surface area contributed by atoms with Crippen molar-refractivity contribution in [3.05, 3.63) is 41.2 Å². The Morgan fingerprint density at radius 3 is 2.81 bits per heavy atom. The molecule has 21 heavy (non-hydrogen) atoms. The van der Waals surface area contributed by atoms with E-state index in [1.165, 1.54) is 12.1 Å². The Labute approximate surface area is 123 Å². The number of carboxylic acids is 1. The van der Waals surface area contributed by atoms with Crippen molar-refractivity contribution in [2.75, 3.05) is 20.3 Å². The summed E-state index contributed by atoms with van der Waals surface area (Å²) >= 11 is 0. The van der Waals surface area contributed by atoms with E-state index in [0.29, 0.717) is 23.7 Å². The molecule has 0 aromatic heterocycles. The molecule has 0 bridgehead atoms. The molecule has 1 aromatic carbocycles. The van der Waals surface area contributed by atoms with E-state index < -0.39 is 5.97 Å². The van der Waals surface area contributed by atoms with Crippen LogP contribution in [0.4, 0.5) is 4.39 Å². The number of halogens is 1. The van der Waals surface area contributed by atoms with Crippen LogP contribution in [0.3, 0.4) is 0 Å². The maximum absolute atomic E-state index is 14.1. The molecule has 0 atom stereocenters. The van der Waals surface area contributed by atoms with Gasteiger partial charge in [-0.05, 0) is 37.6 Å². The number of benzene rings is 1. The Hall–Kier alpha value is -1.72. The second kappa shape index (κ2) is 7.33. The summed E-state index contributed by atoms with van der Waals surface area (Å²) in [4.78, 5) is 12.6. The van der Waals surface area contributed by atoms with Gasteiger partial charge < -0.3 is 9.84 Å². The third-order valence-electron chi connectivity index (χ3n) is 3.73. The van der Waals surface area contributed by atoms with Gasteiger partial charge >= 0.3 is 5.97 Å². The highest BCUT2D eigenvalue weighted by Crippen LogP contribution is 2.18. The van der Waals surface area contributed by atoms with E-state index in [2.05, 4.69) is 4.90 Å². The lowest BCUT2D eigenvalue weighted by Gasteiger charge is -2.31. The molecule has 0 amide bonds. The minimum absolute atomic E-state index is 0.304. The van der Waals surface area contributed by atoms with Crippen molar-refractivity contribution in [2.45, 2.75) is 25.4 Å². The van der Waals surface area contributed by atoms with Crippen molar-refractivity contribution < 1.29 is 19.0 Å². The molecule has 0 aliphatic carbocycles. The maximum atomic E-state index is 14.1. The molecule has 1 aliphatic rings. The highest BCUT2D eigenvalue weighted by Gasteiger charge is 2.19. The van der Waals surface area contributed by atoms with Crippen LogP contribution in [0.5, 0.6) is 0 Å². The van der Waals surface area contributed by atoms with Crippen molar-refractivity contribution >= 4 is 12.0 Å². The summed E-state index contributed by atoms with van der Waals surface area (Å²) in [5.74, 6) is -1.35. The zero-order chi connectivity index (χ0) is 15.2. The van der Waals surface area contributed by atoms with Crippen molar-refractivity contribution in [3.63, 3.8) is 0 Å². The molecule has 4 nitrogen and oxygen atoms in total. The lowest BCUT2D eigenvalue weighted by atomic mass is 10.1. The third kappa shape index (κ3) is 4.65. The topological polar surface area (TPSA) is 49.8 Å². The quantitative estimate of drug-likeness (QED) is 0.848. The van der Waals surface area contributed by atoms with E-state index in [-0.39, 0.29) is 5.82 Å². The monoisotopic (exact) mass is 293 g/mol. The predicted octanol–water partition coefficient (Wildman–Crippen LogP) is 2.53. The van der Waals surface area contributed by atoms with Gasteiger partial charge in [-0.3, -0.25) is 4.90 Å². The van der Waals surface area contributed by atoms with Gasteiger partial charge in [-0.15, -0.1) is 0 Å². The molecule has 1 fully saturated rings. The summed E-state index contributed by atoms with van der Waals surface area (Å²) in [7, 11) is 1.99. The molecular formula is C16H20FNO3. The average molecular weight is 293 g/mol. The van der Waals surface area contributed by atoms with Crippen molar-refractivity contribution in [2.24, 2.45) is 0 Å². The van der Waals surface area contributed by atoms with Crippen LogP contribution in [0.15, 0.2) is 24.3 Å². The summed E-state index contributed by atoms with van der Waals surface area (Å²) in [6.07, 6.45) is 4.33. The normalized spacial score (nSPS) is 16.7. The molecule has 2 rings (SSSR count). The van der Waals surface area contributed by atoms with Gasteiger partial charge in [0.25, 0.3) is 0 Å². The number of hydrogen-bond acceptors (Lipinski definition) is 3. The second-order valence-corrected chi connectivity index (χ2v) is 5.28. The summed E-state index contributed by atoms with van der Waals surface area (Å²) in [5, 5.41) is 8.56. The fourth-order valence-electron chi connectivity index (χ4n) is 2.49. The van der Waals surface area contributed by atoms with Gasteiger partial charge in [0.1, 0.15) is 5.82 Å². The summed E-state index contributed by atoms with van der Waals surface area (Å²) < 4.78 is 19.4. The first-order valence-electron chi connectivity index (χ1n) is 7.03. The fraction of sp³-hybridized carbons (Fsp3) is 0.438. The Bertz CT molecular complexity index is 524. The number of aliphatic carboxylic acids is 1. The Balaban J connectivity index is 2.01. The first kappa shape index (κ1) is 15.7. The SMILES string of the molecule is CN(Cc1ccc(C=CC(=O)O)cc1F)C1CCOCC1. The number of ether oxygens (including phenoxy) is 1. The molecule has 114 valence electrons. The van der Waals surface area contributed by atoms with Crippen LogP contribution in [0.1, 0.15) is 24.0 Å². The Morgan fingerprint density at radius 2 is 2.19 bits per heavy atom. The zero-order valence-corrected chi connectivity index (χ0v) is 12.1. The molecule has 1 aliphatic heterocycles. The predicted molar refractivity (Wildman–Crippen MR) is 78.4 cm³/mol. The standard InChI is InChI=1S/C16H20FNO3/c1-18(14-6-8-21-9-7-14)11-13-4-2-12(10-15(13)17)3-5-16(19)20/h2-5,10,14H,6-9,11H2,1H3,(H,19,20). The van der Waals surface area contributed by atoms with Gasteiger partial charge in [0.15, 0.2) is 0 Å². The first-order valence-corrected chi connectivity index (χ1v) is 7.03. The van der Waals surface area contributed by atoms with Crippen LogP contribution in [0, 0.1) is 5.82 Å². The number of carboxylic acid groups (broad SMARTS) is 1. The van der Waals surface area contributed by atoms with Crippen LogP contribution in [0.2, 0.25) is 0 Å². The van der Waals surface area contributed by atoms with Gasteiger partial charge in [-0.2, -0.15) is 0 Å². The summed E-state index contributed by atoms with van der Waals surface area (Å²) in [6.45, 7) is 2.06. The number of hydrogen-bond donors (Lipinski definition) is 1. The summed E-state index contributed by atoms with van der Waals surface area (Å²) in [6, 6.07) is 5.24.